The van der Waals surface area contributed by atoms with E-state index in [0.717, 1.165) is 10.1 Å². The highest BCUT2D eigenvalue weighted by Gasteiger charge is 2.29. The molecular weight excluding hydrogens is 334 g/mol. The molecule has 0 bridgehead atoms. The summed E-state index contributed by atoms with van der Waals surface area (Å²) in [5.74, 6) is 0.346. The molecule has 0 atom stereocenters. The zero-order valence-corrected chi connectivity index (χ0v) is 14.0. The lowest BCUT2D eigenvalue weighted by Gasteiger charge is -2.30. The van der Waals surface area contributed by atoms with E-state index in [9.17, 15) is 14.8 Å². The first-order valence-corrected chi connectivity index (χ1v) is 8.40. The summed E-state index contributed by atoms with van der Waals surface area (Å²) in [6.45, 7) is 2.05. The Morgan fingerprint density at radius 3 is 2.54 bits per heavy atom. The minimum atomic E-state index is -0.618. The number of carbonyl (C=O) groups is 1. The molecule has 3 heterocycles. The van der Waals surface area contributed by atoms with Gasteiger partial charge in [-0.3, -0.25) is 9.69 Å². The maximum atomic E-state index is 12.8. The Bertz CT molecular complexity index is 1020. The Kier molecular flexibility index (Phi) is 4.04. The minimum absolute atomic E-state index is 0.0501. The second-order valence-electron chi connectivity index (χ2n) is 6.17. The van der Waals surface area contributed by atoms with E-state index in [4.69, 9.17) is 4.42 Å². The van der Waals surface area contributed by atoms with E-state index in [1.165, 1.54) is 0 Å². The first kappa shape index (κ1) is 16.1. The lowest BCUT2D eigenvalue weighted by molar-refractivity contribution is -0.894. The van der Waals surface area contributed by atoms with Gasteiger partial charge in [0, 0.05) is 11.5 Å². The van der Waals surface area contributed by atoms with Crippen molar-refractivity contribution < 1.29 is 19.1 Å². The van der Waals surface area contributed by atoms with Crippen molar-refractivity contribution in [3.63, 3.8) is 0 Å². The Labute approximate surface area is 149 Å². The van der Waals surface area contributed by atoms with Gasteiger partial charge in [-0.25, -0.2) is 4.79 Å². The molecule has 1 fully saturated rings. The average molecular weight is 352 g/mol. The fraction of sp³-hybridized carbons (Fsp3) is 0.211. The standard InChI is InChI=1S/C19H18N3O4/c23-18(15-13-14-5-1-2-6-16(14)26-19(15)24)21-11-9-20(10-12-21)17-7-3-4-8-22(17)25/h1-8,13,25H,9-12H2/q+1. The highest BCUT2D eigenvalue weighted by atomic mass is 16.5. The molecule has 1 saturated heterocycles. The van der Waals surface area contributed by atoms with Crippen LogP contribution in [0.4, 0.5) is 5.82 Å². The number of benzene rings is 1. The third-order valence-electron chi connectivity index (χ3n) is 4.58. The number of fused-ring (bicyclic) bond motifs is 1. The van der Waals surface area contributed by atoms with Crippen LogP contribution in [0, 0.1) is 0 Å². The van der Waals surface area contributed by atoms with Gasteiger partial charge in [-0.05, 0) is 18.2 Å². The van der Waals surface area contributed by atoms with Gasteiger partial charge in [0.25, 0.3) is 5.91 Å². The second kappa shape index (κ2) is 6.51. The van der Waals surface area contributed by atoms with Crippen molar-refractivity contribution in [1.29, 1.82) is 0 Å². The summed E-state index contributed by atoms with van der Waals surface area (Å²) in [7, 11) is 0. The quantitative estimate of drug-likeness (QED) is 0.427. The molecule has 4 rings (SSSR count). The van der Waals surface area contributed by atoms with Crippen LogP contribution in [0.3, 0.4) is 0 Å². The van der Waals surface area contributed by atoms with Crippen LogP contribution in [0.5, 0.6) is 0 Å². The number of rotatable bonds is 2. The lowest BCUT2D eigenvalue weighted by Crippen LogP contribution is -2.52. The van der Waals surface area contributed by atoms with E-state index < -0.39 is 5.63 Å². The number of nitrogens with zero attached hydrogens (tertiary/aromatic N) is 3. The predicted molar refractivity (Wildman–Crippen MR) is 94.4 cm³/mol. The molecule has 1 aliphatic heterocycles. The number of aromatic nitrogens is 1. The molecule has 0 saturated carbocycles. The van der Waals surface area contributed by atoms with Gasteiger partial charge in [0.15, 0.2) is 0 Å². The van der Waals surface area contributed by atoms with Gasteiger partial charge >= 0.3 is 11.4 Å². The number of anilines is 1. The molecule has 1 amide bonds. The summed E-state index contributed by atoms with van der Waals surface area (Å²) in [6, 6.07) is 14.1. The zero-order chi connectivity index (χ0) is 18.1. The predicted octanol–water partition coefficient (Wildman–Crippen LogP) is 1.28. The summed E-state index contributed by atoms with van der Waals surface area (Å²) in [5, 5.41) is 10.6. The highest BCUT2D eigenvalue weighted by Crippen LogP contribution is 2.16. The topological polar surface area (TPSA) is 77.9 Å². The van der Waals surface area contributed by atoms with E-state index in [2.05, 4.69) is 0 Å². The Morgan fingerprint density at radius 1 is 1.04 bits per heavy atom. The van der Waals surface area contributed by atoms with Crippen molar-refractivity contribution in [1.82, 2.24) is 4.90 Å². The lowest BCUT2D eigenvalue weighted by atomic mass is 10.1. The van der Waals surface area contributed by atoms with Crippen LogP contribution < -0.4 is 15.3 Å². The average Bonchev–Trinajstić information content (AvgIpc) is 2.67. The van der Waals surface area contributed by atoms with Crippen molar-refractivity contribution in [2.24, 2.45) is 0 Å². The van der Waals surface area contributed by atoms with E-state index in [0.29, 0.717) is 37.6 Å². The highest BCUT2D eigenvalue weighted by molar-refractivity contribution is 5.96. The number of hydrogen-bond acceptors (Lipinski definition) is 5. The molecule has 0 radical (unpaired) electrons. The van der Waals surface area contributed by atoms with E-state index in [1.54, 1.807) is 35.4 Å². The number of hydrogen-bond donors (Lipinski definition) is 1. The third kappa shape index (κ3) is 2.88. The SMILES string of the molecule is O=C(c1cc2ccccc2oc1=O)N1CCN(c2cccc[n+]2O)CC1. The maximum absolute atomic E-state index is 12.8. The maximum Gasteiger partial charge on any atom is 0.349 e. The first-order chi connectivity index (χ1) is 12.6. The van der Waals surface area contributed by atoms with Gasteiger partial charge in [-0.1, -0.05) is 29.0 Å². The van der Waals surface area contributed by atoms with E-state index in [1.807, 2.05) is 29.2 Å². The molecule has 1 aliphatic rings. The second-order valence-corrected chi connectivity index (χ2v) is 6.17. The third-order valence-corrected chi connectivity index (χ3v) is 4.58. The number of para-hydroxylation sites is 1. The van der Waals surface area contributed by atoms with Crippen molar-refractivity contribution >= 4 is 22.7 Å². The van der Waals surface area contributed by atoms with Crippen molar-refractivity contribution in [3.05, 3.63) is 70.7 Å². The van der Waals surface area contributed by atoms with Crippen LogP contribution in [0.25, 0.3) is 11.0 Å². The molecule has 2 aromatic heterocycles. The minimum Gasteiger partial charge on any atom is -0.422 e. The van der Waals surface area contributed by atoms with Crippen LogP contribution in [-0.4, -0.2) is 42.2 Å². The van der Waals surface area contributed by atoms with Gasteiger partial charge in [0.2, 0.25) is 0 Å². The molecule has 0 unspecified atom stereocenters. The number of piperazine rings is 1. The first-order valence-electron chi connectivity index (χ1n) is 8.40. The summed E-state index contributed by atoms with van der Waals surface area (Å²) in [6.07, 6.45) is 1.56. The fourth-order valence-corrected chi connectivity index (χ4v) is 3.20. The molecule has 7 heteroatoms. The molecule has 0 spiro atoms. The van der Waals surface area contributed by atoms with Crippen LogP contribution >= 0.6 is 0 Å². The Morgan fingerprint density at radius 2 is 1.77 bits per heavy atom. The molecule has 3 aromatic rings. The van der Waals surface area contributed by atoms with Gasteiger partial charge in [-0.2, -0.15) is 0 Å². The molecular formula is C19H18N3O4+. The molecule has 26 heavy (non-hydrogen) atoms. The summed E-state index contributed by atoms with van der Waals surface area (Å²) in [5.41, 5.74) is -0.100. The number of pyridine rings is 1. The molecule has 1 N–H and O–H groups in total. The molecule has 0 aliphatic carbocycles. The largest absolute Gasteiger partial charge is 0.422 e. The molecule has 132 valence electrons. The Hall–Kier alpha value is -3.35. The van der Waals surface area contributed by atoms with Crippen LogP contribution in [0.15, 0.2) is 63.9 Å². The zero-order valence-electron chi connectivity index (χ0n) is 14.0. The summed E-state index contributed by atoms with van der Waals surface area (Å²) in [4.78, 5) is 28.6. The van der Waals surface area contributed by atoms with Gasteiger partial charge in [0.1, 0.15) is 30.4 Å². The monoisotopic (exact) mass is 352 g/mol. The van der Waals surface area contributed by atoms with Crippen LogP contribution in [-0.2, 0) is 0 Å². The molecule has 1 aromatic carbocycles. The molecule has 7 nitrogen and oxygen atoms in total. The van der Waals surface area contributed by atoms with Gasteiger partial charge in [0.05, 0.1) is 13.1 Å². The van der Waals surface area contributed by atoms with Gasteiger partial charge in [-0.15, -0.1) is 0 Å². The van der Waals surface area contributed by atoms with Crippen molar-refractivity contribution in [2.45, 2.75) is 0 Å². The summed E-state index contributed by atoms with van der Waals surface area (Å²) < 4.78 is 6.33. The van der Waals surface area contributed by atoms with Crippen LogP contribution in [0.1, 0.15) is 10.4 Å². The van der Waals surface area contributed by atoms with Crippen molar-refractivity contribution in [3.8, 4) is 0 Å². The van der Waals surface area contributed by atoms with Crippen LogP contribution in [0.2, 0.25) is 0 Å². The normalized spacial score (nSPS) is 14.6. The van der Waals surface area contributed by atoms with Gasteiger partial charge < -0.3 is 14.5 Å². The smallest absolute Gasteiger partial charge is 0.349 e. The fourth-order valence-electron chi connectivity index (χ4n) is 3.20. The van der Waals surface area contributed by atoms with E-state index >= 15 is 0 Å². The summed E-state index contributed by atoms with van der Waals surface area (Å²) >= 11 is 0. The Balaban J connectivity index is 1.53. The number of amides is 1. The van der Waals surface area contributed by atoms with Crippen molar-refractivity contribution in [2.75, 3.05) is 31.1 Å². The van der Waals surface area contributed by atoms with E-state index in [-0.39, 0.29) is 11.5 Å². The number of carbonyl (C=O) groups excluding carboxylic acids is 1.